The zero-order chi connectivity index (χ0) is 20.1. The second kappa shape index (κ2) is 8.87. The topological polar surface area (TPSA) is 79.4 Å². The summed E-state index contributed by atoms with van der Waals surface area (Å²) in [6.45, 7) is 2.86. The van der Waals surface area contributed by atoms with Gasteiger partial charge in [-0.3, -0.25) is 10.2 Å². The number of nitrogens with zero attached hydrogens (tertiary/aromatic N) is 3. The Labute approximate surface area is 170 Å². The zero-order valence-corrected chi connectivity index (χ0v) is 16.5. The minimum atomic E-state index is -0.283. The van der Waals surface area contributed by atoms with E-state index in [4.69, 9.17) is 4.74 Å². The van der Waals surface area contributed by atoms with Gasteiger partial charge in [0.2, 0.25) is 0 Å². The van der Waals surface area contributed by atoms with Crippen LogP contribution in [0.15, 0.2) is 54.6 Å². The Morgan fingerprint density at radius 3 is 2.38 bits per heavy atom. The second-order valence-corrected chi connectivity index (χ2v) is 7.20. The Balaban J connectivity index is 1.32. The number of carbonyl (C=O) groups is 1. The number of urea groups is 1. The van der Waals surface area contributed by atoms with Crippen molar-refractivity contribution in [2.75, 3.05) is 25.5 Å². The van der Waals surface area contributed by atoms with Crippen LogP contribution < -0.4 is 15.4 Å². The fourth-order valence-corrected chi connectivity index (χ4v) is 3.61. The minimum absolute atomic E-state index is 0.140. The van der Waals surface area contributed by atoms with Crippen LogP contribution in [0.25, 0.3) is 11.0 Å². The number of likely N-dealkylation sites (tertiary alicyclic amines) is 1. The molecule has 2 N–H and O–H groups in total. The highest BCUT2D eigenvalue weighted by molar-refractivity contribution is 5.91. The molecular formula is C22H25N5O2. The largest absolute Gasteiger partial charge is 0.478 e. The van der Waals surface area contributed by atoms with Gasteiger partial charge in [-0.15, -0.1) is 0 Å². The van der Waals surface area contributed by atoms with Crippen LogP contribution in [0.3, 0.4) is 0 Å². The summed E-state index contributed by atoms with van der Waals surface area (Å²) in [5.41, 5.74) is 2.75. The van der Waals surface area contributed by atoms with Gasteiger partial charge in [-0.25, -0.2) is 14.8 Å². The minimum Gasteiger partial charge on any atom is -0.478 e. The summed E-state index contributed by atoms with van der Waals surface area (Å²) in [7, 11) is 1.52. The highest BCUT2D eigenvalue weighted by atomic mass is 16.5. The Hall–Kier alpha value is -3.19. The quantitative estimate of drug-likeness (QED) is 0.697. The number of nitrogens with one attached hydrogen (secondary N) is 2. The summed E-state index contributed by atoms with van der Waals surface area (Å²) in [6.07, 6.45) is 1.83. The molecular weight excluding hydrogens is 366 g/mol. The summed E-state index contributed by atoms with van der Waals surface area (Å²) >= 11 is 0. The van der Waals surface area contributed by atoms with E-state index < -0.39 is 0 Å². The number of rotatable bonds is 5. The number of piperidine rings is 1. The summed E-state index contributed by atoms with van der Waals surface area (Å²) in [5, 5.41) is 5.84. The molecule has 3 aromatic rings. The van der Waals surface area contributed by atoms with Crippen LogP contribution in [-0.4, -0.2) is 47.1 Å². The number of methoxy groups -OCH3 is 1. The predicted molar refractivity (Wildman–Crippen MR) is 113 cm³/mol. The summed E-state index contributed by atoms with van der Waals surface area (Å²) < 4.78 is 5.29. The molecule has 0 saturated carbocycles. The van der Waals surface area contributed by atoms with Crippen molar-refractivity contribution >= 4 is 22.9 Å². The average molecular weight is 391 g/mol. The zero-order valence-electron chi connectivity index (χ0n) is 16.5. The Morgan fingerprint density at radius 2 is 1.69 bits per heavy atom. The standard InChI is InChI=1S/C22H25N5O2/c1-29-21-20(24-18-9-5-6-10-19(18)25-21)26-22(28)23-17-11-13-27(14-12-17)15-16-7-3-2-4-8-16/h2-10,17H,11-15H2,1H3,(H2,23,24,26,28). The van der Waals surface area contributed by atoms with Crippen molar-refractivity contribution in [3.05, 3.63) is 60.2 Å². The number of fused-ring (bicyclic) bond motifs is 1. The molecule has 1 aromatic heterocycles. The van der Waals surface area contributed by atoms with Crippen molar-refractivity contribution in [2.24, 2.45) is 0 Å². The molecule has 150 valence electrons. The summed E-state index contributed by atoms with van der Waals surface area (Å²) in [4.78, 5) is 23.8. The molecule has 1 saturated heterocycles. The number of para-hydroxylation sites is 2. The van der Waals surface area contributed by atoms with Crippen LogP contribution in [0.1, 0.15) is 18.4 Å². The summed E-state index contributed by atoms with van der Waals surface area (Å²) in [5.74, 6) is 0.627. The highest BCUT2D eigenvalue weighted by Gasteiger charge is 2.21. The molecule has 0 aliphatic carbocycles. The van der Waals surface area contributed by atoms with Gasteiger partial charge in [0.05, 0.1) is 18.1 Å². The van der Waals surface area contributed by atoms with Crippen LogP contribution in [0.2, 0.25) is 0 Å². The highest BCUT2D eigenvalue weighted by Crippen LogP contribution is 2.23. The average Bonchev–Trinajstić information content (AvgIpc) is 2.75. The molecule has 7 nitrogen and oxygen atoms in total. The first kappa shape index (κ1) is 19.1. The molecule has 29 heavy (non-hydrogen) atoms. The Bertz CT molecular complexity index is 971. The molecule has 0 atom stereocenters. The third-order valence-corrected chi connectivity index (χ3v) is 5.14. The van der Waals surface area contributed by atoms with Crippen molar-refractivity contribution in [3.63, 3.8) is 0 Å². The Kier molecular flexibility index (Phi) is 5.86. The second-order valence-electron chi connectivity index (χ2n) is 7.20. The molecule has 2 aromatic carbocycles. The number of hydrogen-bond acceptors (Lipinski definition) is 5. The SMILES string of the molecule is COc1nc2ccccc2nc1NC(=O)NC1CCN(Cc2ccccc2)CC1. The number of ether oxygens (including phenoxy) is 1. The van der Waals surface area contributed by atoms with E-state index in [9.17, 15) is 4.79 Å². The van der Waals surface area contributed by atoms with Gasteiger partial charge in [0.1, 0.15) is 0 Å². The third-order valence-electron chi connectivity index (χ3n) is 5.14. The number of hydrogen-bond donors (Lipinski definition) is 2. The maximum Gasteiger partial charge on any atom is 0.320 e. The van der Waals surface area contributed by atoms with E-state index in [1.165, 1.54) is 12.7 Å². The lowest BCUT2D eigenvalue weighted by Gasteiger charge is -2.32. The third kappa shape index (κ3) is 4.81. The van der Waals surface area contributed by atoms with Gasteiger partial charge in [-0.2, -0.15) is 0 Å². The van der Waals surface area contributed by atoms with Crippen molar-refractivity contribution < 1.29 is 9.53 Å². The number of amides is 2. The van der Waals surface area contributed by atoms with Gasteiger partial charge >= 0.3 is 6.03 Å². The maximum atomic E-state index is 12.5. The molecule has 0 bridgehead atoms. The molecule has 1 aliphatic heterocycles. The predicted octanol–water partition coefficient (Wildman–Crippen LogP) is 3.42. The van der Waals surface area contributed by atoms with E-state index in [-0.39, 0.29) is 12.1 Å². The Morgan fingerprint density at radius 1 is 1.03 bits per heavy atom. The normalized spacial score (nSPS) is 15.2. The van der Waals surface area contributed by atoms with E-state index >= 15 is 0 Å². The molecule has 0 spiro atoms. The van der Waals surface area contributed by atoms with E-state index in [2.05, 4.69) is 49.8 Å². The van der Waals surface area contributed by atoms with Gasteiger partial charge in [0, 0.05) is 25.7 Å². The molecule has 1 fully saturated rings. The first-order chi connectivity index (χ1) is 14.2. The first-order valence-electron chi connectivity index (χ1n) is 9.86. The number of aromatic nitrogens is 2. The van der Waals surface area contributed by atoms with Crippen LogP contribution in [0, 0.1) is 0 Å². The van der Waals surface area contributed by atoms with Gasteiger partial charge in [0.15, 0.2) is 5.82 Å². The fraction of sp³-hybridized carbons (Fsp3) is 0.318. The molecule has 4 rings (SSSR count). The van der Waals surface area contributed by atoms with Gasteiger partial charge in [0.25, 0.3) is 5.88 Å². The lowest BCUT2D eigenvalue weighted by Crippen LogP contribution is -2.45. The number of anilines is 1. The van der Waals surface area contributed by atoms with E-state index in [1.807, 2.05) is 30.3 Å². The fourth-order valence-electron chi connectivity index (χ4n) is 3.61. The van der Waals surface area contributed by atoms with E-state index in [1.54, 1.807) is 0 Å². The van der Waals surface area contributed by atoms with Crippen LogP contribution in [0.5, 0.6) is 5.88 Å². The van der Waals surface area contributed by atoms with Gasteiger partial charge in [-0.1, -0.05) is 42.5 Å². The van der Waals surface area contributed by atoms with Crippen molar-refractivity contribution in [2.45, 2.75) is 25.4 Å². The monoisotopic (exact) mass is 391 g/mol. The van der Waals surface area contributed by atoms with Crippen molar-refractivity contribution in [3.8, 4) is 5.88 Å². The van der Waals surface area contributed by atoms with Crippen molar-refractivity contribution in [1.29, 1.82) is 0 Å². The molecule has 0 radical (unpaired) electrons. The van der Waals surface area contributed by atoms with E-state index in [0.717, 1.165) is 38.0 Å². The number of carbonyl (C=O) groups excluding carboxylic acids is 1. The van der Waals surface area contributed by atoms with Crippen LogP contribution in [-0.2, 0) is 6.54 Å². The molecule has 2 amide bonds. The molecule has 0 unspecified atom stereocenters. The van der Waals surface area contributed by atoms with Crippen LogP contribution >= 0.6 is 0 Å². The molecule has 7 heteroatoms. The van der Waals surface area contributed by atoms with E-state index in [0.29, 0.717) is 17.2 Å². The lowest BCUT2D eigenvalue weighted by molar-refractivity contribution is 0.190. The first-order valence-corrected chi connectivity index (χ1v) is 9.86. The maximum absolute atomic E-state index is 12.5. The molecule has 1 aliphatic rings. The van der Waals surface area contributed by atoms with Gasteiger partial charge < -0.3 is 10.1 Å². The van der Waals surface area contributed by atoms with Crippen LogP contribution in [0.4, 0.5) is 10.6 Å². The lowest BCUT2D eigenvalue weighted by atomic mass is 10.0. The van der Waals surface area contributed by atoms with Gasteiger partial charge in [-0.05, 0) is 30.5 Å². The smallest absolute Gasteiger partial charge is 0.320 e. The van der Waals surface area contributed by atoms with Crippen molar-refractivity contribution in [1.82, 2.24) is 20.2 Å². The number of benzene rings is 2. The molecule has 2 heterocycles. The summed E-state index contributed by atoms with van der Waals surface area (Å²) in [6, 6.07) is 17.8.